The first-order valence-electron chi connectivity index (χ1n) is 7.93. The second kappa shape index (κ2) is 7.32. The van der Waals surface area contributed by atoms with Crippen molar-refractivity contribution >= 4 is 5.91 Å². The number of amides is 1. The van der Waals surface area contributed by atoms with Gasteiger partial charge in [0.2, 0.25) is 0 Å². The summed E-state index contributed by atoms with van der Waals surface area (Å²) in [4.78, 5) is 12.1. The zero-order chi connectivity index (χ0) is 17.0. The molecule has 0 aliphatic heterocycles. The maximum Gasteiger partial charge on any atom is 0.258 e. The predicted octanol–water partition coefficient (Wildman–Crippen LogP) is 4.18. The molecular formula is C20H25NO2. The van der Waals surface area contributed by atoms with Gasteiger partial charge in [-0.1, -0.05) is 24.3 Å². The summed E-state index contributed by atoms with van der Waals surface area (Å²) in [5, 5.41) is 2.98. The fourth-order valence-corrected chi connectivity index (χ4v) is 2.35. The highest BCUT2D eigenvalue weighted by atomic mass is 16.5. The number of hydrogen-bond donors (Lipinski definition) is 1. The maximum atomic E-state index is 12.1. The molecule has 0 aliphatic carbocycles. The second-order valence-electron chi connectivity index (χ2n) is 6.17. The van der Waals surface area contributed by atoms with Crippen LogP contribution in [0.4, 0.5) is 0 Å². The number of carbonyl (C=O) groups excluding carboxylic acids is 1. The lowest BCUT2D eigenvalue weighted by molar-refractivity contribution is -0.123. The van der Waals surface area contributed by atoms with Gasteiger partial charge in [0.25, 0.3) is 5.91 Å². The van der Waals surface area contributed by atoms with Crippen LogP contribution < -0.4 is 10.1 Å². The van der Waals surface area contributed by atoms with Gasteiger partial charge in [-0.3, -0.25) is 4.79 Å². The van der Waals surface area contributed by atoms with Crippen molar-refractivity contribution in [3.63, 3.8) is 0 Å². The van der Waals surface area contributed by atoms with Crippen molar-refractivity contribution < 1.29 is 9.53 Å². The zero-order valence-electron chi connectivity index (χ0n) is 14.6. The molecule has 0 saturated heterocycles. The zero-order valence-corrected chi connectivity index (χ0v) is 14.6. The van der Waals surface area contributed by atoms with E-state index in [0.29, 0.717) is 0 Å². The first kappa shape index (κ1) is 17.1. The molecule has 1 N–H and O–H groups in total. The molecule has 0 aliphatic rings. The molecule has 0 bridgehead atoms. The van der Waals surface area contributed by atoms with E-state index in [1.807, 2.05) is 32.0 Å². The summed E-state index contributed by atoms with van der Waals surface area (Å²) in [6.07, 6.45) is 0. The number of carbonyl (C=O) groups is 1. The monoisotopic (exact) mass is 311 g/mol. The van der Waals surface area contributed by atoms with Gasteiger partial charge in [0.1, 0.15) is 5.75 Å². The first-order valence-corrected chi connectivity index (χ1v) is 7.93. The molecule has 0 saturated carbocycles. The van der Waals surface area contributed by atoms with Gasteiger partial charge in [-0.25, -0.2) is 0 Å². The van der Waals surface area contributed by atoms with Crippen LogP contribution in [0.2, 0.25) is 0 Å². The van der Waals surface area contributed by atoms with E-state index in [0.717, 1.165) is 16.9 Å². The highest BCUT2D eigenvalue weighted by Gasteiger charge is 2.11. The van der Waals surface area contributed by atoms with E-state index in [1.165, 1.54) is 16.7 Å². The molecule has 1 amide bonds. The van der Waals surface area contributed by atoms with E-state index in [1.54, 1.807) is 0 Å². The maximum absolute atomic E-state index is 12.1. The van der Waals surface area contributed by atoms with Crippen molar-refractivity contribution in [2.45, 2.75) is 40.7 Å². The van der Waals surface area contributed by atoms with Gasteiger partial charge in [0.05, 0.1) is 6.04 Å². The average molecular weight is 311 g/mol. The minimum Gasteiger partial charge on any atom is -0.484 e. The van der Waals surface area contributed by atoms with E-state index in [-0.39, 0.29) is 18.6 Å². The molecule has 0 aromatic heterocycles. The number of rotatable bonds is 5. The molecule has 122 valence electrons. The largest absolute Gasteiger partial charge is 0.484 e. The fraction of sp³-hybridized carbons (Fsp3) is 0.350. The number of benzene rings is 2. The van der Waals surface area contributed by atoms with Gasteiger partial charge < -0.3 is 10.1 Å². The summed E-state index contributed by atoms with van der Waals surface area (Å²) in [7, 11) is 0. The Morgan fingerprint density at radius 1 is 0.957 bits per heavy atom. The number of nitrogens with one attached hydrogen (secondary N) is 1. The van der Waals surface area contributed by atoms with Crippen LogP contribution in [0.3, 0.4) is 0 Å². The predicted molar refractivity (Wildman–Crippen MR) is 93.9 cm³/mol. The minimum atomic E-state index is -0.117. The van der Waals surface area contributed by atoms with Crippen LogP contribution in [-0.2, 0) is 4.79 Å². The van der Waals surface area contributed by atoms with Crippen molar-refractivity contribution in [3.8, 4) is 5.75 Å². The van der Waals surface area contributed by atoms with Crippen LogP contribution >= 0.6 is 0 Å². The lowest BCUT2D eigenvalue weighted by Crippen LogP contribution is -2.31. The van der Waals surface area contributed by atoms with Crippen molar-refractivity contribution in [1.82, 2.24) is 5.32 Å². The molecule has 23 heavy (non-hydrogen) atoms. The molecule has 2 rings (SSSR count). The van der Waals surface area contributed by atoms with Crippen molar-refractivity contribution in [1.29, 1.82) is 0 Å². The van der Waals surface area contributed by atoms with Crippen molar-refractivity contribution in [3.05, 3.63) is 64.2 Å². The van der Waals surface area contributed by atoms with Crippen LogP contribution in [0, 0.1) is 27.7 Å². The summed E-state index contributed by atoms with van der Waals surface area (Å²) >= 11 is 0. The summed E-state index contributed by atoms with van der Waals surface area (Å²) in [6.45, 7) is 10.3. The van der Waals surface area contributed by atoms with Crippen LogP contribution in [-0.4, -0.2) is 12.5 Å². The minimum absolute atomic E-state index is 0.0255. The Hall–Kier alpha value is -2.29. The Morgan fingerprint density at radius 2 is 1.57 bits per heavy atom. The van der Waals surface area contributed by atoms with Gasteiger partial charge in [-0.05, 0) is 74.6 Å². The molecule has 0 spiro atoms. The highest BCUT2D eigenvalue weighted by Crippen LogP contribution is 2.18. The fourth-order valence-electron chi connectivity index (χ4n) is 2.35. The van der Waals surface area contributed by atoms with E-state index in [2.05, 4.69) is 44.3 Å². The number of aryl methyl sites for hydroxylation is 4. The molecular weight excluding hydrogens is 286 g/mol. The summed E-state index contributed by atoms with van der Waals surface area (Å²) < 4.78 is 5.57. The molecule has 0 unspecified atom stereocenters. The smallest absolute Gasteiger partial charge is 0.258 e. The Morgan fingerprint density at radius 3 is 2.17 bits per heavy atom. The van der Waals surface area contributed by atoms with Gasteiger partial charge >= 0.3 is 0 Å². The van der Waals surface area contributed by atoms with Crippen LogP contribution in [0.5, 0.6) is 5.75 Å². The first-order chi connectivity index (χ1) is 10.9. The third kappa shape index (κ3) is 4.59. The quantitative estimate of drug-likeness (QED) is 0.899. The summed E-state index contributed by atoms with van der Waals surface area (Å²) in [5.74, 6) is 0.607. The van der Waals surface area contributed by atoms with Crippen molar-refractivity contribution in [2.75, 3.05) is 6.61 Å². The Balaban J connectivity index is 1.90. The third-order valence-corrected chi connectivity index (χ3v) is 4.26. The van der Waals surface area contributed by atoms with Crippen LogP contribution in [0.25, 0.3) is 0 Å². The molecule has 2 aromatic rings. The molecule has 0 fully saturated rings. The van der Waals surface area contributed by atoms with Crippen LogP contribution in [0.15, 0.2) is 36.4 Å². The molecule has 3 heteroatoms. The Bertz CT molecular complexity index is 707. The van der Waals surface area contributed by atoms with E-state index in [4.69, 9.17) is 4.74 Å². The molecule has 0 heterocycles. The van der Waals surface area contributed by atoms with E-state index < -0.39 is 0 Å². The molecule has 1 atom stereocenters. The standard InChI is InChI=1S/C20H25NO2/c1-13-6-8-18(10-15(13)3)17(5)21-20(22)12-23-19-9-7-14(2)16(4)11-19/h6-11,17H,12H2,1-5H3,(H,21,22)/t17-/m1/s1. The number of ether oxygens (including phenoxy) is 1. The van der Waals surface area contributed by atoms with Gasteiger partial charge in [-0.2, -0.15) is 0 Å². The lowest BCUT2D eigenvalue weighted by atomic mass is 10.0. The molecule has 3 nitrogen and oxygen atoms in total. The molecule has 0 radical (unpaired) electrons. The lowest BCUT2D eigenvalue weighted by Gasteiger charge is -2.16. The molecule has 2 aromatic carbocycles. The topological polar surface area (TPSA) is 38.3 Å². The van der Waals surface area contributed by atoms with Gasteiger partial charge in [0.15, 0.2) is 6.61 Å². The third-order valence-electron chi connectivity index (χ3n) is 4.26. The Labute approximate surface area is 138 Å². The van der Waals surface area contributed by atoms with E-state index >= 15 is 0 Å². The summed E-state index contributed by atoms with van der Waals surface area (Å²) in [6, 6.07) is 12.1. The Kier molecular flexibility index (Phi) is 5.43. The average Bonchev–Trinajstić information content (AvgIpc) is 2.51. The normalized spacial score (nSPS) is 11.9. The van der Waals surface area contributed by atoms with Crippen LogP contribution in [0.1, 0.15) is 40.8 Å². The SMILES string of the molecule is Cc1ccc(OCC(=O)N[C@H](C)c2ccc(C)c(C)c2)cc1C. The summed E-state index contributed by atoms with van der Waals surface area (Å²) in [5.41, 5.74) is 5.96. The van der Waals surface area contributed by atoms with Gasteiger partial charge in [0, 0.05) is 0 Å². The van der Waals surface area contributed by atoms with Gasteiger partial charge in [-0.15, -0.1) is 0 Å². The highest BCUT2D eigenvalue weighted by molar-refractivity contribution is 5.78. The number of hydrogen-bond acceptors (Lipinski definition) is 2. The van der Waals surface area contributed by atoms with E-state index in [9.17, 15) is 4.79 Å². The second-order valence-corrected chi connectivity index (χ2v) is 6.17. The van der Waals surface area contributed by atoms with Crippen molar-refractivity contribution in [2.24, 2.45) is 0 Å².